The molecule has 1 saturated heterocycles. The summed E-state index contributed by atoms with van der Waals surface area (Å²) < 4.78 is 51.0. The number of alkyl halides is 1. The number of fused-ring (bicyclic) bond motifs is 1. The molecule has 0 saturated carbocycles. The van der Waals surface area contributed by atoms with Gasteiger partial charge in [0.05, 0.1) is 16.9 Å². The topological polar surface area (TPSA) is 160 Å². The molecule has 3 N–H and O–H groups in total. The molecule has 16 heteroatoms. The number of hydrogen-bond acceptors (Lipinski definition) is 7. The Labute approximate surface area is 283 Å². The van der Waals surface area contributed by atoms with E-state index in [-0.39, 0.29) is 29.3 Å². The van der Waals surface area contributed by atoms with Crippen molar-refractivity contribution in [2.75, 3.05) is 17.2 Å². The maximum Gasteiger partial charge on any atom is 0.291 e. The largest absolute Gasteiger partial charge is 0.365 e. The lowest BCUT2D eigenvalue weighted by Crippen LogP contribution is -2.38. The maximum atomic E-state index is 15.6. The molecule has 254 valence electrons. The van der Waals surface area contributed by atoms with Crippen LogP contribution in [0.2, 0.25) is 5.02 Å². The van der Waals surface area contributed by atoms with E-state index in [1.807, 2.05) is 0 Å². The lowest BCUT2D eigenvalue weighted by Gasteiger charge is -2.28. The van der Waals surface area contributed by atoms with Crippen molar-refractivity contribution in [2.24, 2.45) is 0 Å². The van der Waals surface area contributed by atoms with E-state index in [1.165, 1.54) is 43.5 Å². The number of carbonyl (C=O) groups is 3. The molecule has 0 spiro atoms. The van der Waals surface area contributed by atoms with E-state index >= 15 is 4.39 Å². The summed E-state index contributed by atoms with van der Waals surface area (Å²) in [5, 5.41) is 13.9. The minimum Gasteiger partial charge on any atom is -0.365 e. The van der Waals surface area contributed by atoms with Crippen LogP contribution in [0, 0.1) is 5.82 Å². The van der Waals surface area contributed by atoms with Crippen LogP contribution in [-0.2, 0) is 26.9 Å². The summed E-state index contributed by atoms with van der Waals surface area (Å²) in [6.45, 7) is 0.750. The van der Waals surface area contributed by atoms with Crippen LogP contribution >= 0.6 is 19.1 Å². The van der Waals surface area contributed by atoms with Gasteiger partial charge >= 0.3 is 0 Å². The quantitative estimate of drug-likeness (QED) is 0.103. The molecule has 2 aromatic heterocycles. The molecular formula is C33H30ClF2N6O6P. The molecule has 6 rings (SSSR count). The highest BCUT2D eigenvalue weighted by Crippen LogP contribution is 2.52. The number of amides is 2. The van der Waals surface area contributed by atoms with E-state index in [4.69, 9.17) is 16.1 Å². The third kappa shape index (κ3) is 7.32. The second-order valence-electron chi connectivity index (χ2n) is 11.6. The number of benzene rings is 3. The van der Waals surface area contributed by atoms with E-state index in [2.05, 4.69) is 20.9 Å². The number of rotatable bonds is 11. The van der Waals surface area contributed by atoms with Crippen molar-refractivity contribution >= 4 is 59.0 Å². The van der Waals surface area contributed by atoms with Crippen LogP contribution in [-0.4, -0.2) is 60.9 Å². The molecule has 1 fully saturated rings. The molecule has 1 aliphatic rings. The smallest absolute Gasteiger partial charge is 0.291 e. The van der Waals surface area contributed by atoms with E-state index < -0.39 is 56.5 Å². The van der Waals surface area contributed by atoms with Gasteiger partial charge < -0.3 is 20.1 Å². The molecule has 3 heterocycles. The molecule has 3 atom stereocenters. The molecule has 5 aromatic rings. The lowest BCUT2D eigenvalue weighted by molar-refractivity contribution is -0.119. The van der Waals surface area contributed by atoms with Crippen LogP contribution < -0.4 is 10.6 Å². The molecule has 49 heavy (non-hydrogen) atoms. The number of aryl methyl sites for hydroxylation is 1. The maximum absolute atomic E-state index is 15.6. The average molecular weight is 711 g/mol. The monoisotopic (exact) mass is 710 g/mol. The number of ketones is 1. The highest BCUT2D eigenvalue weighted by atomic mass is 35.5. The highest BCUT2D eigenvalue weighted by Gasteiger charge is 2.46. The molecule has 3 aromatic carbocycles. The number of aromatic nitrogens is 3. The molecular weight excluding hydrogens is 681 g/mol. The summed E-state index contributed by atoms with van der Waals surface area (Å²) in [5.74, 6) is -2.39. The second kappa shape index (κ2) is 14.0. The fourth-order valence-corrected chi connectivity index (χ4v) is 7.83. The first kappa shape index (κ1) is 34.1. The van der Waals surface area contributed by atoms with Crippen LogP contribution in [0.25, 0.3) is 22.0 Å². The third-order valence-corrected chi connectivity index (χ3v) is 10.3. The predicted molar refractivity (Wildman–Crippen MR) is 178 cm³/mol. The molecule has 0 aliphatic carbocycles. The SMILES string of the molecule is CC(=O)c1nn(CP(=O)(O)N2C[C@H](F)C[C@H]2C(=O)Nc2cccc(-c3ccccc3Cl)c2F)c2ccc(NC(=O)CCc3ccon3)cc12. The first-order valence-electron chi connectivity index (χ1n) is 15.2. The van der Waals surface area contributed by atoms with Crippen LogP contribution in [0.4, 0.5) is 20.2 Å². The van der Waals surface area contributed by atoms with Gasteiger partial charge in [-0.05, 0) is 30.3 Å². The van der Waals surface area contributed by atoms with E-state index in [0.29, 0.717) is 39.3 Å². The van der Waals surface area contributed by atoms with Gasteiger partial charge in [-0.2, -0.15) is 5.10 Å². The van der Waals surface area contributed by atoms with Gasteiger partial charge in [0.2, 0.25) is 11.8 Å². The summed E-state index contributed by atoms with van der Waals surface area (Å²) in [7, 11) is -4.55. The Morgan fingerprint density at radius 3 is 2.59 bits per heavy atom. The zero-order valence-electron chi connectivity index (χ0n) is 26.0. The Bertz CT molecular complexity index is 2110. The van der Waals surface area contributed by atoms with E-state index in [0.717, 1.165) is 9.35 Å². The average Bonchev–Trinajstić information content (AvgIpc) is 3.81. The van der Waals surface area contributed by atoms with Crippen molar-refractivity contribution in [2.45, 2.75) is 44.7 Å². The molecule has 12 nitrogen and oxygen atoms in total. The number of hydrogen-bond donors (Lipinski definition) is 3. The Balaban J connectivity index is 1.21. The summed E-state index contributed by atoms with van der Waals surface area (Å²) in [6.07, 6.45) is -0.823. The van der Waals surface area contributed by atoms with Crippen LogP contribution in [0.15, 0.2) is 77.5 Å². The summed E-state index contributed by atoms with van der Waals surface area (Å²) in [5.41, 5.74) is 1.60. The third-order valence-electron chi connectivity index (χ3n) is 8.13. The van der Waals surface area contributed by atoms with Crippen molar-refractivity contribution in [3.8, 4) is 11.1 Å². The highest BCUT2D eigenvalue weighted by molar-refractivity contribution is 7.54. The molecule has 0 bridgehead atoms. The number of Topliss-reactive ketones (excluding diaryl/α,β-unsaturated/α-hetero) is 1. The molecule has 1 unspecified atom stereocenters. The molecule has 2 amide bonds. The predicted octanol–water partition coefficient (Wildman–Crippen LogP) is 6.45. The van der Waals surface area contributed by atoms with Gasteiger partial charge in [0, 0.05) is 66.0 Å². The van der Waals surface area contributed by atoms with Crippen molar-refractivity contribution < 1.29 is 37.1 Å². The first-order valence-corrected chi connectivity index (χ1v) is 17.4. The Hall–Kier alpha value is -4.75. The van der Waals surface area contributed by atoms with Crippen LogP contribution in [0.5, 0.6) is 0 Å². The van der Waals surface area contributed by atoms with Gasteiger partial charge in [0.15, 0.2) is 11.6 Å². The minimum absolute atomic E-state index is 0.0124. The van der Waals surface area contributed by atoms with Crippen molar-refractivity contribution in [3.63, 3.8) is 0 Å². The number of nitrogens with zero attached hydrogens (tertiary/aromatic N) is 4. The van der Waals surface area contributed by atoms with Gasteiger partial charge in [-0.15, -0.1) is 0 Å². The number of carbonyl (C=O) groups excluding carboxylic acids is 3. The Morgan fingerprint density at radius 1 is 1.08 bits per heavy atom. The zero-order chi connectivity index (χ0) is 34.9. The van der Waals surface area contributed by atoms with Crippen LogP contribution in [0.1, 0.15) is 35.9 Å². The standard InChI is InChI=1S/C33H30ClF2N6O6P/c1-19(43)32-25-16-22(37-30(44)12-10-21-13-14-48-40-21)9-11-28(25)41(39-32)18-49(46,47)42-17-20(35)15-29(42)33(45)38-27-8-4-6-24(31(27)36)23-5-2-3-7-26(23)34/h2-9,11,13-14,16,20,29H,10,12,15,17-18H2,1H3,(H,37,44)(H,38,45)(H,46,47)/t20-,29+/m1/s1. The summed E-state index contributed by atoms with van der Waals surface area (Å²) in [4.78, 5) is 49.8. The van der Waals surface area contributed by atoms with E-state index in [9.17, 15) is 28.2 Å². The van der Waals surface area contributed by atoms with E-state index in [1.54, 1.807) is 36.4 Å². The Kier molecular flexibility index (Phi) is 9.75. The summed E-state index contributed by atoms with van der Waals surface area (Å²) >= 11 is 6.25. The first-order chi connectivity index (χ1) is 23.4. The number of nitrogens with one attached hydrogen (secondary N) is 2. The van der Waals surface area contributed by atoms with Gasteiger partial charge in [0.1, 0.15) is 30.5 Å². The van der Waals surface area contributed by atoms with Gasteiger partial charge in [-0.3, -0.25) is 23.6 Å². The van der Waals surface area contributed by atoms with Crippen molar-refractivity contribution in [1.82, 2.24) is 19.6 Å². The summed E-state index contributed by atoms with van der Waals surface area (Å²) in [6, 6.07) is 15.8. The van der Waals surface area contributed by atoms with Crippen molar-refractivity contribution in [1.29, 1.82) is 0 Å². The minimum atomic E-state index is -4.55. The van der Waals surface area contributed by atoms with Gasteiger partial charge in [-0.1, -0.05) is 47.1 Å². The molecule has 1 aliphatic heterocycles. The van der Waals surface area contributed by atoms with Crippen LogP contribution in [0.3, 0.4) is 0 Å². The normalized spacial score (nSPS) is 17.6. The molecule has 0 radical (unpaired) electrons. The van der Waals surface area contributed by atoms with Gasteiger partial charge in [0.25, 0.3) is 7.52 Å². The van der Waals surface area contributed by atoms with Crippen molar-refractivity contribution in [3.05, 3.63) is 95.2 Å². The fraction of sp³-hybridized carbons (Fsp3) is 0.242. The Morgan fingerprint density at radius 2 is 1.86 bits per heavy atom. The fourth-order valence-electron chi connectivity index (χ4n) is 5.80. The number of halogens is 3. The second-order valence-corrected chi connectivity index (χ2v) is 14.1. The number of anilines is 2. The zero-order valence-corrected chi connectivity index (χ0v) is 27.6. The lowest BCUT2D eigenvalue weighted by atomic mass is 10.0. The van der Waals surface area contributed by atoms with Gasteiger partial charge in [-0.25, -0.2) is 13.5 Å².